The molecule has 3 N–H and O–H groups in total. The average Bonchev–Trinajstić information content (AvgIpc) is 3.37. The maximum absolute atomic E-state index is 13.2. The number of amides is 1. The third-order valence-electron chi connectivity index (χ3n) is 5.63. The first kappa shape index (κ1) is 19.4. The Labute approximate surface area is 161 Å². The molecule has 1 amide bonds. The molecule has 2 fully saturated rings. The molecule has 5 heteroatoms. The predicted molar refractivity (Wildman–Crippen MR) is 107 cm³/mol. The number of allylic oxidation sites excluding steroid dienone is 3. The topological polar surface area (TPSA) is 73.7 Å². The van der Waals surface area contributed by atoms with Crippen molar-refractivity contribution in [3.8, 4) is 12.3 Å². The van der Waals surface area contributed by atoms with Crippen molar-refractivity contribution >= 4 is 12.1 Å². The Hall–Kier alpha value is -2.38. The largest absolute Gasteiger partial charge is 0.388 e. The summed E-state index contributed by atoms with van der Waals surface area (Å²) in [6.45, 7) is 6.50. The molecule has 1 saturated heterocycles. The van der Waals surface area contributed by atoms with Crippen molar-refractivity contribution in [1.29, 1.82) is 0 Å². The van der Waals surface area contributed by atoms with Gasteiger partial charge in [-0.15, -0.1) is 12.2 Å². The number of carbonyl (C=O) groups is 1. The second kappa shape index (κ2) is 7.32. The van der Waals surface area contributed by atoms with E-state index in [-0.39, 0.29) is 5.91 Å². The summed E-state index contributed by atoms with van der Waals surface area (Å²) >= 11 is 0. The predicted octanol–water partition coefficient (Wildman–Crippen LogP) is 2.02. The van der Waals surface area contributed by atoms with Crippen LogP contribution in [0.15, 0.2) is 45.3 Å². The minimum absolute atomic E-state index is 0.269. The van der Waals surface area contributed by atoms with Gasteiger partial charge in [0, 0.05) is 29.5 Å². The lowest BCUT2D eigenvalue weighted by atomic mass is 9.81. The zero-order chi connectivity index (χ0) is 19.7. The molecule has 27 heavy (non-hydrogen) atoms. The number of terminal acetylenes is 1. The van der Waals surface area contributed by atoms with E-state index in [4.69, 9.17) is 6.42 Å². The molecule has 0 aromatic rings. The molecule has 0 radical (unpaired) electrons. The fourth-order valence-electron chi connectivity index (χ4n) is 3.57. The lowest BCUT2D eigenvalue weighted by molar-refractivity contribution is -0.122. The number of hydrogen-bond acceptors (Lipinski definition) is 4. The number of hydrogen-bond donors (Lipinski definition) is 3. The molecule has 0 aromatic carbocycles. The highest BCUT2D eigenvalue weighted by molar-refractivity contribution is 6.00. The smallest absolute Gasteiger partial charge is 0.252 e. The number of nitrogens with zero attached hydrogens (tertiary/aromatic N) is 1. The van der Waals surface area contributed by atoms with E-state index in [1.165, 1.54) is 0 Å². The molecule has 0 bridgehead atoms. The monoisotopic (exact) mass is 365 g/mol. The summed E-state index contributed by atoms with van der Waals surface area (Å²) in [7, 11) is 0. The Balaban J connectivity index is 1.93. The van der Waals surface area contributed by atoms with Crippen molar-refractivity contribution in [2.75, 3.05) is 13.1 Å². The second-order valence-electron chi connectivity index (χ2n) is 7.91. The van der Waals surface area contributed by atoms with Crippen molar-refractivity contribution in [2.45, 2.75) is 51.2 Å². The minimum Gasteiger partial charge on any atom is -0.388 e. The van der Waals surface area contributed by atoms with Crippen LogP contribution in [0.2, 0.25) is 0 Å². The van der Waals surface area contributed by atoms with Gasteiger partial charge in [-0.2, -0.15) is 0 Å². The Morgan fingerprint density at radius 1 is 1.56 bits per heavy atom. The fraction of sp³-hybridized carbons (Fsp3) is 0.500. The van der Waals surface area contributed by atoms with Gasteiger partial charge >= 0.3 is 0 Å². The van der Waals surface area contributed by atoms with E-state index in [2.05, 4.69) is 27.3 Å². The summed E-state index contributed by atoms with van der Waals surface area (Å²) in [4.78, 5) is 17.6. The van der Waals surface area contributed by atoms with Crippen LogP contribution in [0.5, 0.6) is 0 Å². The molecule has 1 unspecified atom stereocenters. The molecule has 1 aliphatic carbocycles. The zero-order valence-corrected chi connectivity index (χ0v) is 16.2. The Morgan fingerprint density at radius 3 is 2.81 bits per heavy atom. The van der Waals surface area contributed by atoms with Gasteiger partial charge in [0.05, 0.1) is 11.1 Å². The number of aliphatic hydroxyl groups is 1. The van der Waals surface area contributed by atoms with Gasteiger partial charge in [0.25, 0.3) is 5.91 Å². The molecule has 2 aliphatic heterocycles. The lowest BCUT2D eigenvalue weighted by Crippen LogP contribution is -2.63. The first-order valence-electron chi connectivity index (χ1n) is 9.45. The second-order valence-corrected chi connectivity index (χ2v) is 7.91. The molecule has 142 valence electrons. The van der Waals surface area contributed by atoms with Gasteiger partial charge in [-0.1, -0.05) is 6.08 Å². The molecule has 5 nitrogen and oxygen atoms in total. The minimum atomic E-state index is -1.06. The summed E-state index contributed by atoms with van der Waals surface area (Å²) in [5.74, 6) is 2.82. The summed E-state index contributed by atoms with van der Waals surface area (Å²) in [5, 5.41) is 17.0. The maximum atomic E-state index is 13.2. The molecular weight excluding hydrogens is 338 g/mol. The summed E-state index contributed by atoms with van der Waals surface area (Å²) in [6.07, 6.45) is 13.9. The van der Waals surface area contributed by atoms with E-state index in [1.807, 2.05) is 0 Å². The number of nitrogens with one attached hydrogen (secondary N) is 2. The van der Waals surface area contributed by atoms with Gasteiger partial charge in [0.2, 0.25) is 0 Å². The number of carbonyl (C=O) groups excluding carboxylic acids is 1. The van der Waals surface area contributed by atoms with Crippen LogP contribution in [-0.2, 0) is 4.79 Å². The quantitative estimate of drug-likeness (QED) is 0.396. The van der Waals surface area contributed by atoms with E-state index in [1.54, 1.807) is 39.1 Å². The van der Waals surface area contributed by atoms with Crippen molar-refractivity contribution in [3.05, 3.63) is 40.3 Å². The van der Waals surface area contributed by atoms with Crippen LogP contribution in [0.25, 0.3) is 0 Å². The van der Waals surface area contributed by atoms with E-state index >= 15 is 0 Å². The van der Waals surface area contributed by atoms with Crippen LogP contribution >= 0.6 is 0 Å². The summed E-state index contributed by atoms with van der Waals surface area (Å²) in [5.41, 5.74) is 3.95. The standard InChI is InChI=1S/C22H27N3O2/c1-5-17(20(26)25-22(21(3,4)27)11-12-23-14-22)18-10-9-16(15-7-8-15)13-24-19(18)6-2/h2,5,10,13,15,23,27H,7-8,11-12,14H2,1,3-4H3,(H,25,26)/b17-5+. The highest BCUT2D eigenvalue weighted by atomic mass is 16.3. The van der Waals surface area contributed by atoms with Crippen molar-refractivity contribution in [3.63, 3.8) is 0 Å². The Kier molecular flexibility index (Phi) is 5.26. The first-order valence-corrected chi connectivity index (χ1v) is 9.45. The SMILES string of the molecule is C#CC1=C(/C(=C\C)C(=O)NC2(C(C)(C)O)CCNC2)C=C=C(C2CC2)C=N1. The van der Waals surface area contributed by atoms with Crippen molar-refractivity contribution < 1.29 is 9.90 Å². The first-order chi connectivity index (χ1) is 12.8. The molecule has 3 rings (SSSR count). The van der Waals surface area contributed by atoms with Crippen LogP contribution in [-0.4, -0.2) is 41.5 Å². The third kappa shape index (κ3) is 3.84. The van der Waals surface area contributed by atoms with Crippen molar-refractivity contribution in [2.24, 2.45) is 10.9 Å². The van der Waals surface area contributed by atoms with Gasteiger partial charge in [0.1, 0.15) is 5.70 Å². The van der Waals surface area contributed by atoms with Crippen LogP contribution in [0, 0.1) is 18.3 Å². The van der Waals surface area contributed by atoms with Crippen LogP contribution in [0.1, 0.15) is 40.0 Å². The summed E-state index contributed by atoms with van der Waals surface area (Å²) < 4.78 is 0. The Bertz CT molecular complexity index is 830. The third-order valence-corrected chi connectivity index (χ3v) is 5.63. The molecule has 1 saturated carbocycles. The molecule has 3 aliphatic rings. The van der Waals surface area contributed by atoms with Crippen LogP contribution in [0.4, 0.5) is 0 Å². The van der Waals surface area contributed by atoms with Gasteiger partial charge in [-0.05, 0) is 64.5 Å². The highest BCUT2D eigenvalue weighted by Gasteiger charge is 2.47. The number of aliphatic imine (C=N–C) groups is 1. The molecule has 1 atom stereocenters. The van der Waals surface area contributed by atoms with Gasteiger partial charge in [0.15, 0.2) is 0 Å². The van der Waals surface area contributed by atoms with E-state index in [0.717, 1.165) is 25.0 Å². The summed E-state index contributed by atoms with van der Waals surface area (Å²) in [6, 6.07) is 0. The van der Waals surface area contributed by atoms with Crippen molar-refractivity contribution in [1.82, 2.24) is 10.6 Å². The maximum Gasteiger partial charge on any atom is 0.252 e. The van der Waals surface area contributed by atoms with Crippen LogP contribution in [0.3, 0.4) is 0 Å². The van der Waals surface area contributed by atoms with Gasteiger partial charge in [-0.3, -0.25) is 4.79 Å². The van der Waals surface area contributed by atoms with E-state index in [9.17, 15) is 9.90 Å². The lowest BCUT2D eigenvalue weighted by Gasteiger charge is -2.40. The van der Waals surface area contributed by atoms with E-state index in [0.29, 0.717) is 35.7 Å². The van der Waals surface area contributed by atoms with Gasteiger partial charge < -0.3 is 15.7 Å². The fourth-order valence-corrected chi connectivity index (χ4v) is 3.57. The van der Waals surface area contributed by atoms with Crippen LogP contribution < -0.4 is 10.6 Å². The Morgan fingerprint density at radius 2 is 2.30 bits per heavy atom. The van der Waals surface area contributed by atoms with E-state index < -0.39 is 11.1 Å². The molecule has 0 aromatic heterocycles. The zero-order valence-electron chi connectivity index (χ0n) is 16.2. The normalized spacial score (nSPS) is 25.9. The van der Waals surface area contributed by atoms with Gasteiger partial charge in [-0.25, -0.2) is 4.99 Å². The molecular formula is C22H27N3O2. The molecule has 2 heterocycles. The number of rotatable bonds is 5. The highest BCUT2D eigenvalue weighted by Crippen LogP contribution is 2.36. The average molecular weight is 365 g/mol. The molecule has 0 spiro atoms.